The Morgan fingerprint density at radius 2 is 1.53 bits per heavy atom. The van der Waals surface area contributed by atoms with Crippen LogP contribution in [0.1, 0.15) is 38.5 Å². The molecule has 2 rings (SSSR count). The Morgan fingerprint density at radius 3 is 2.13 bits per heavy atom. The van der Waals surface area contributed by atoms with Crippen molar-refractivity contribution in [2.45, 2.75) is 50.7 Å². The van der Waals surface area contributed by atoms with Crippen LogP contribution in [0.25, 0.3) is 0 Å². The van der Waals surface area contributed by atoms with E-state index in [2.05, 4.69) is 4.90 Å². The van der Waals surface area contributed by atoms with E-state index in [1.54, 1.807) is 0 Å². The van der Waals surface area contributed by atoms with Crippen molar-refractivity contribution in [2.75, 3.05) is 19.6 Å². The zero-order valence-corrected chi connectivity index (χ0v) is 9.44. The molecule has 2 aliphatic rings. The van der Waals surface area contributed by atoms with Crippen molar-refractivity contribution in [2.24, 2.45) is 5.92 Å². The Bertz CT molecular complexity index is 182. The van der Waals surface area contributed by atoms with Gasteiger partial charge >= 0.3 is 0 Å². The summed E-state index contributed by atoms with van der Waals surface area (Å²) in [5.41, 5.74) is 0. The van der Waals surface area contributed by atoms with E-state index >= 15 is 0 Å². The predicted molar refractivity (Wildman–Crippen MR) is 59.6 cm³/mol. The molecule has 3 nitrogen and oxygen atoms in total. The molecule has 0 aromatic carbocycles. The van der Waals surface area contributed by atoms with E-state index in [0.717, 1.165) is 25.8 Å². The fourth-order valence-corrected chi connectivity index (χ4v) is 2.93. The molecule has 2 atom stereocenters. The number of rotatable bonds is 3. The van der Waals surface area contributed by atoms with Crippen molar-refractivity contribution in [1.29, 1.82) is 0 Å². The molecule has 2 fully saturated rings. The van der Waals surface area contributed by atoms with Gasteiger partial charge in [-0.3, -0.25) is 0 Å². The lowest BCUT2D eigenvalue weighted by Crippen LogP contribution is -2.34. The molecular weight excluding hydrogens is 190 g/mol. The van der Waals surface area contributed by atoms with Crippen LogP contribution in [0.4, 0.5) is 0 Å². The lowest BCUT2D eigenvalue weighted by Gasteiger charge is -2.28. The topological polar surface area (TPSA) is 43.7 Å². The van der Waals surface area contributed by atoms with Gasteiger partial charge in [0.05, 0.1) is 12.2 Å². The predicted octanol–water partition coefficient (Wildman–Crippen LogP) is 0.994. The second-order valence-electron chi connectivity index (χ2n) is 5.07. The van der Waals surface area contributed by atoms with E-state index in [1.807, 2.05) is 0 Å². The monoisotopic (exact) mass is 213 g/mol. The Hall–Kier alpha value is -0.120. The van der Waals surface area contributed by atoms with Crippen molar-refractivity contribution < 1.29 is 10.2 Å². The van der Waals surface area contributed by atoms with E-state index in [9.17, 15) is 10.2 Å². The zero-order chi connectivity index (χ0) is 10.7. The maximum absolute atomic E-state index is 9.71. The lowest BCUT2D eigenvalue weighted by molar-refractivity contribution is 0.0518. The van der Waals surface area contributed by atoms with Gasteiger partial charge in [0.2, 0.25) is 0 Å². The Morgan fingerprint density at radius 1 is 0.933 bits per heavy atom. The van der Waals surface area contributed by atoms with Gasteiger partial charge in [-0.05, 0) is 51.7 Å². The lowest BCUT2D eigenvalue weighted by atomic mass is 9.98. The van der Waals surface area contributed by atoms with Crippen LogP contribution in [-0.2, 0) is 0 Å². The molecule has 1 heterocycles. The molecular formula is C12H23NO2. The molecule has 1 aliphatic carbocycles. The minimum absolute atomic E-state index is 0.131. The smallest absolute Gasteiger partial charge is 0.0594 e. The third-order valence-corrected chi connectivity index (χ3v) is 3.97. The summed E-state index contributed by atoms with van der Waals surface area (Å²) < 4.78 is 0. The molecule has 0 aromatic rings. The van der Waals surface area contributed by atoms with Crippen LogP contribution in [0.15, 0.2) is 0 Å². The SMILES string of the molecule is OC1CCC(O)C1CCN1CCCCC1. The van der Waals surface area contributed by atoms with E-state index in [-0.39, 0.29) is 18.1 Å². The standard InChI is InChI=1S/C12H23NO2/c14-11-4-5-12(15)10(11)6-9-13-7-2-1-3-8-13/h10-12,14-15H,1-9H2. The quantitative estimate of drug-likeness (QED) is 0.735. The summed E-state index contributed by atoms with van der Waals surface area (Å²) in [5, 5.41) is 19.4. The zero-order valence-electron chi connectivity index (χ0n) is 9.44. The molecule has 2 unspecified atom stereocenters. The average molecular weight is 213 g/mol. The molecule has 0 spiro atoms. The summed E-state index contributed by atoms with van der Waals surface area (Å²) in [6.45, 7) is 3.47. The van der Waals surface area contributed by atoms with Gasteiger partial charge in [-0.2, -0.15) is 0 Å². The summed E-state index contributed by atoms with van der Waals surface area (Å²) in [7, 11) is 0. The number of likely N-dealkylation sites (tertiary alicyclic amines) is 1. The molecule has 0 radical (unpaired) electrons. The number of nitrogens with zero attached hydrogens (tertiary/aromatic N) is 1. The Labute approximate surface area is 92.1 Å². The largest absolute Gasteiger partial charge is 0.393 e. The van der Waals surface area contributed by atoms with Crippen molar-refractivity contribution in [3.8, 4) is 0 Å². The number of aliphatic hydroxyl groups is 2. The number of aliphatic hydroxyl groups excluding tert-OH is 2. The van der Waals surface area contributed by atoms with Crippen LogP contribution in [0.2, 0.25) is 0 Å². The minimum atomic E-state index is -0.259. The molecule has 3 heteroatoms. The molecule has 0 aromatic heterocycles. The van der Waals surface area contributed by atoms with Crippen LogP contribution in [0.3, 0.4) is 0 Å². The molecule has 1 saturated heterocycles. The highest BCUT2D eigenvalue weighted by atomic mass is 16.3. The van der Waals surface area contributed by atoms with Gasteiger partial charge in [0, 0.05) is 5.92 Å². The summed E-state index contributed by atoms with van der Waals surface area (Å²) in [4.78, 5) is 2.47. The number of piperidine rings is 1. The highest BCUT2D eigenvalue weighted by molar-refractivity contribution is 4.85. The van der Waals surface area contributed by atoms with E-state index < -0.39 is 0 Å². The molecule has 88 valence electrons. The van der Waals surface area contributed by atoms with Crippen LogP contribution in [-0.4, -0.2) is 47.0 Å². The molecule has 1 aliphatic heterocycles. The summed E-state index contributed by atoms with van der Waals surface area (Å²) in [5.74, 6) is 0.131. The van der Waals surface area contributed by atoms with Gasteiger partial charge in [0.15, 0.2) is 0 Å². The van der Waals surface area contributed by atoms with Gasteiger partial charge in [-0.15, -0.1) is 0 Å². The second-order valence-corrected chi connectivity index (χ2v) is 5.07. The maximum Gasteiger partial charge on any atom is 0.0594 e. The fourth-order valence-electron chi connectivity index (χ4n) is 2.93. The summed E-state index contributed by atoms with van der Waals surface area (Å²) in [6.07, 6.45) is 6.01. The van der Waals surface area contributed by atoms with E-state index in [1.165, 1.54) is 32.4 Å². The summed E-state index contributed by atoms with van der Waals surface area (Å²) in [6, 6.07) is 0. The molecule has 2 N–H and O–H groups in total. The van der Waals surface area contributed by atoms with Crippen LogP contribution in [0.5, 0.6) is 0 Å². The van der Waals surface area contributed by atoms with Crippen LogP contribution < -0.4 is 0 Å². The number of hydrogen-bond acceptors (Lipinski definition) is 3. The van der Waals surface area contributed by atoms with Gasteiger partial charge < -0.3 is 15.1 Å². The first-order valence-corrected chi connectivity index (χ1v) is 6.36. The van der Waals surface area contributed by atoms with Crippen LogP contribution in [0, 0.1) is 5.92 Å². The van der Waals surface area contributed by atoms with Gasteiger partial charge in [0.25, 0.3) is 0 Å². The molecule has 15 heavy (non-hydrogen) atoms. The van der Waals surface area contributed by atoms with Crippen LogP contribution >= 0.6 is 0 Å². The Balaban J connectivity index is 1.71. The second kappa shape index (κ2) is 5.28. The molecule has 0 amide bonds. The average Bonchev–Trinajstić information content (AvgIpc) is 2.58. The van der Waals surface area contributed by atoms with E-state index in [4.69, 9.17) is 0 Å². The molecule has 1 saturated carbocycles. The minimum Gasteiger partial charge on any atom is -0.393 e. The Kier molecular flexibility index (Phi) is 4.00. The van der Waals surface area contributed by atoms with Crippen molar-refractivity contribution >= 4 is 0 Å². The molecule has 0 bridgehead atoms. The number of hydrogen-bond donors (Lipinski definition) is 2. The highest BCUT2D eigenvalue weighted by Crippen LogP contribution is 2.29. The first kappa shape index (κ1) is 11.4. The fraction of sp³-hybridized carbons (Fsp3) is 1.00. The summed E-state index contributed by atoms with van der Waals surface area (Å²) >= 11 is 0. The highest BCUT2D eigenvalue weighted by Gasteiger charge is 2.33. The first-order chi connectivity index (χ1) is 7.27. The van der Waals surface area contributed by atoms with Crippen molar-refractivity contribution in [3.63, 3.8) is 0 Å². The van der Waals surface area contributed by atoms with Gasteiger partial charge in [0.1, 0.15) is 0 Å². The normalized spacial score (nSPS) is 38.4. The third-order valence-electron chi connectivity index (χ3n) is 3.97. The first-order valence-electron chi connectivity index (χ1n) is 6.36. The van der Waals surface area contributed by atoms with Crippen molar-refractivity contribution in [3.05, 3.63) is 0 Å². The van der Waals surface area contributed by atoms with E-state index in [0.29, 0.717) is 0 Å². The van der Waals surface area contributed by atoms with Gasteiger partial charge in [-0.1, -0.05) is 6.42 Å². The van der Waals surface area contributed by atoms with Gasteiger partial charge in [-0.25, -0.2) is 0 Å². The maximum atomic E-state index is 9.71. The van der Waals surface area contributed by atoms with Crippen molar-refractivity contribution in [1.82, 2.24) is 4.90 Å². The third kappa shape index (κ3) is 2.92.